The number of fused-ring (bicyclic) bond motifs is 2. The van der Waals surface area contributed by atoms with Gasteiger partial charge in [0, 0.05) is 0 Å². The van der Waals surface area contributed by atoms with Crippen LogP contribution in [-0.4, -0.2) is 16.1 Å². The normalized spacial score (nSPS) is 15.8. The van der Waals surface area contributed by atoms with Gasteiger partial charge in [0.05, 0.1) is 0 Å². The van der Waals surface area contributed by atoms with Gasteiger partial charge in [-0.15, -0.1) is 0 Å². The Kier molecular flexibility index (Phi) is 13.4. The zero-order valence-electron chi connectivity index (χ0n) is 48.6. The van der Waals surface area contributed by atoms with E-state index < -0.39 is 16.1 Å². The minimum absolute atomic E-state index is 1.20. The largest absolute Gasteiger partial charge is 0.183 e. The minimum Gasteiger partial charge on any atom is -0.0622 e. The molecule has 12 aromatic carbocycles. The first-order valence-corrected chi connectivity index (χ1v) is 34.7. The number of hydrogen-bond acceptors (Lipinski definition) is 0. The summed E-state index contributed by atoms with van der Waals surface area (Å²) in [6.07, 6.45) is 0. The van der Waals surface area contributed by atoms with E-state index in [1.807, 2.05) is 0 Å². The Morgan fingerprint density at radius 2 is 0.216 bits per heavy atom. The van der Waals surface area contributed by atoms with Crippen LogP contribution in [0.15, 0.2) is 374 Å². The van der Waals surface area contributed by atoms with Crippen LogP contribution in [0.1, 0.15) is 66.8 Å². The molecule has 88 heavy (non-hydrogen) atoms. The van der Waals surface area contributed by atoms with E-state index in [9.17, 15) is 0 Å². The molecule has 0 atom stereocenters. The van der Waals surface area contributed by atoms with Gasteiger partial charge in [0.1, 0.15) is 0 Å². The van der Waals surface area contributed by atoms with Gasteiger partial charge < -0.3 is 0 Å². The molecule has 12 aromatic rings. The molecule has 0 aliphatic carbocycles. The van der Waals surface area contributed by atoms with E-state index in [2.05, 4.69) is 364 Å². The third kappa shape index (κ3) is 8.18. The predicted molar refractivity (Wildman–Crippen MR) is 377 cm³/mol. The van der Waals surface area contributed by atoms with Gasteiger partial charge in [-0.1, -0.05) is 364 Å². The Balaban J connectivity index is 1.29. The van der Waals surface area contributed by atoms with Crippen LogP contribution < -0.4 is 0 Å². The second-order valence-electron chi connectivity index (χ2n) is 23.1. The monoisotopic (exact) mass is 1150 g/mol. The molecule has 0 saturated heterocycles. The summed E-state index contributed by atoms with van der Waals surface area (Å²) in [7, 11) is -7.95. The Labute approximate surface area is 518 Å². The summed E-state index contributed by atoms with van der Waals surface area (Å²) in [5.74, 6) is 0. The molecule has 16 rings (SSSR count). The van der Waals surface area contributed by atoms with E-state index in [-0.39, 0.29) is 0 Å². The fourth-order valence-corrected chi connectivity index (χ4v) is 29.7. The molecule has 2 spiro atoms. The number of benzene rings is 12. The van der Waals surface area contributed by atoms with Crippen molar-refractivity contribution >= 4 is 80.8 Å². The fraction of sp³-hybridized carbons (Fsp3) is 0. The molecule has 0 amide bonds. The second kappa shape index (κ2) is 22.3. The van der Waals surface area contributed by atoms with Crippen molar-refractivity contribution in [3.63, 3.8) is 0 Å². The molecule has 412 valence electrons. The van der Waals surface area contributed by atoms with Crippen molar-refractivity contribution in [3.05, 3.63) is 441 Å². The molecule has 4 aliphatic heterocycles. The Hall–Kier alpha value is -10.7. The zero-order valence-corrected chi connectivity index (χ0v) is 50.6. The third-order valence-corrected chi connectivity index (χ3v) is 29.0. The van der Waals surface area contributed by atoms with E-state index in [1.165, 1.54) is 142 Å². The molecule has 0 saturated carbocycles. The van der Waals surface area contributed by atoms with Crippen molar-refractivity contribution in [1.29, 1.82) is 0 Å². The number of allylic oxidation sites excluding steroid dienone is 8. The van der Waals surface area contributed by atoms with E-state index >= 15 is 0 Å². The van der Waals surface area contributed by atoms with Crippen molar-refractivity contribution in [2.75, 3.05) is 0 Å². The number of hydrogen-bond donors (Lipinski definition) is 0. The first-order valence-electron chi connectivity index (χ1n) is 30.7. The lowest BCUT2D eigenvalue weighted by atomic mass is 9.89. The SMILES string of the molecule is c1ccc(C2=C(c3ccccc3)[Si]3(C4=C(C(c5ccccc5)=C3c3ccccc3)[Si]3(C(c5ccccc5)=C(c5ccccc5)C(c5ccccc5)=C3c3ccccc3)C(c3ccccc3)=C4c3ccccc3)C(c3ccccc3)=C2c2ccccc2)cc1. The molecule has 0 radical (unpaired) electrons. The average molecular weight is 1150 g/mol. The summed E-state index contributed by atoms with van der Waals surface area (Å²) in [4.78, 5) is 0. The molecular weight excluding hydrogens is 1090 g/mol. The van der Waals surface area contributed by atoms with Gasteiger partial charge in [0.15, 0.2) is 16.1 Å². The zero-order chi connectivity index (χ0) is 58.4. The van der Waals surface area contributed by atoms with Crippen LogP contribution in [0.2, 0.25) is 0 Å². The smallest absolute Gasteiger partial charge is 0.0622 e. The lowest BCUT2D eigenvalue weighted by molar-refractivity contribution is 1.58. The first kappa shape index (κ1) is 52.8. The molecule has 2 heteroatoms. The summed E-state index contributed by atoms with van der Waals surface area (Å²) >= 11 is 0. The van der Waals surface area contributed by atoms with Crippen LogP contribution in [0.4, 0.5) is 0 Å². The maximum absolute atomic E-state index is 3.98. The van der Waals surface area contributed by atoms with Crippen LogP contribution in [0, 0.1) is 0 Å². The van der Waals surface area contributed by atoms with Gasteiger partial charge in [0.2, 0.25) is 0 Å². The summed E-state index contributed by atoms with van der Waals surface area (Å²) in [5, 5.41) is 11.4. The molecule has 0 fully saturated rings. The van der Waals surface area contributed by atoms with E-state index in [1.54, 1.807) is 0 Å². The van der Waals surface area contributed by atoms with Crippen LogP contribution in [0.25, 0.3) is 64.6 Å². The van der Waals surface area contributed by atoms with E-state index in [4.69, 9.17) is 0 Å². The molecule has 0 N–H and O–H groups in total. The van der Waals surface area contributed by atoms with Crippen molar-refractivity contribution in [2.24, 2.45) is 0 Å². The van der Waals surface area contributed by atoms with Crippen molar-refractivity contribution in [3.8, 4) is 0 Å². The summed E-state index contributed by atoms with van der Waals surface area (Å²) < 4.78 is 0. The molecule has 0 bridgehead atoms. The Bertz CT molecular complexity index is 4310. The van der Waals surface area contributed by atoms with Gasteiger partial charge >= 0.3 is 0 Å². The standard InChI is InChI=1S/C86H60Si2/c1-13-37-61(38-14-1)73-74(62-39-15-2-16-40-62)80(68-51-27-8-28-52-68)87(79(73)67-49-25-7-26-50-67)83(71-57-33-11-34-58-71)77(65-45-21-5-22-46-65)86-85(87)78(66-47-23-6-24-48-66)84(72-59-35-12-36-60-72)88(86)81(69-53-29-9-30-54-69)75(63-41-17-3-18-42-63)76(64-43-19-4-20-44-64)82(88)70-55-31-10-32-56-70/h1-60H. The van der Waals surface area contributed by atoms with Gasteiger partial charge in [-0.2, -0.15) is 0 Å². The maximum atomic E-state index is 2.45. The van der Waals surface area contributed by atoms with Gasteiger partial charge in [-0.25, -0.2) is 0 Å². The highest BCUT2D eigenvalue weighted by Gasteiger charge is 2.70. The average Bonchev–Trinajstić information content (AvgIpc) is 1.46. The van der Waals surface area contributed by atoms with Crippen LogP contribution >= 0.6 is 0 Å². The number of rotatable bonds is 12. The topological polar surface area (TPSA) is 0 Å². The highest BCUT2D eigenvalue weighted by atomic mass is 28.3. The lowest BCUT2D eigenvalue weighted by Gasteiger charge is -2.40. The van der Waals surface area contributed by atoms with E-state index in [0.29, 0.717) is 0 Å². The highest BCUT2D eigenvalue weighted by Crippen LogP contribution is 2.76. The predicted octanol–water partition coefficient (Wildman–Crippen LogP) is 21.2. The second-order valence-corrected chi connectivity index (χ2v) is 30.1. The molecule has 4 heterocycles. The van der Waals surface area contributed by atoms with Crippen LogP contribution in [0.5, 0.6) is 0 Å². The van der Waals surface area contributed by atoms with Crippen LogP contribution in [-0.2, 0) is 0 Å². The lowest BCUT2D eigenvalue weighted by Crippen LogP contribution is -2.41. The van der Waals surface area contributed by atoms with Crippen molar-refractivity contribution in [1.82, 2.24) is 0 Å². The Morgan fingerprint density at radius 3 is 0.364 bits per heavy atom. The molecule has 0 unspecified atom stereocenters. The summed E-state index contributed by atoms with van der Waals surface area (Å²) in [6.45, 7) is 0. The Morgan fingerprint density at radius 1 is 0.102 bits per heavy atom. The molecular formula is C86H60Si2. The van der Waals surface area contributed by atoms with Crippen molar-refractivity contribution < 1.29 is 0 Å². The third-order valence-electron chi connectivity index (χ3n) is 18.5. The van der Waals surface area contributed by atoms with Gasteiger partial charge in [-0.3, -0.25) is 0 Å². The first-order chi connectivity index (χ1) is 43.8. The van der Waals surface area contributed by atoms with Crippen LogP contribution in [0.3, 0.4) is 0 Å². The van der Waals surface area contributed by atoms with Crippen molar-refractivity contribution in [2.45, 2.75) is 0 Å². The fourth-order valence-electron chi connectivity index (χ4n) is 15.5. The molecule has 0 aromatic heterocycles. The quantitative estimate of drug-likeness (QED) is 0.107. The summed E-state index contributed by atoms with van der Waals surface area (Å²) in [6, 6.07) is 139. The summed E-state index contributed by atoms with van der Waals surface area (Å²) in [5.41, 5.74) is 22.5. The molecule has 4 aliphatic rings. The highest BCUT2D eigenvalue weighted by molar-refractivity contribution is 7.39. The van der Waals surface area contributed by atoms with Gasteiger partial charge in [-0.05, 0) is 142 Å². The maximum Gasteiger partial charge on any atom is 0.183 e. The minimum atomic E-state index is -3.98. The van der Waals surface area contributed by atoms with E-state index in [0.717, 1.165) is 0 Å². The molecule has 0 nitrogen and oxygen atoms in total. The van der Waals surface area contributed by atoms with Gasteiger partial charge in [0.25, 0.3) is 0 Å².